The lowest BCUT2D eigenvalue weighted by atomic mass is 9.89. The number of hydrogen-bond donors (Lipinski definition) is 3. The lowest BCUT2D eigenvalue weighted by Gasteiger charge is -2.53. The first-order valence-corrected chi connectivity index (χ1v) is 12.6. The molecular weight excluding hydrogens is 488 g/mol. The number of carboxylic acid groups (broad SMARTS) is 1. The van der Waals surface area contributed by atoms with E-state index in [1.54, 1.807) is 17.6 Å². The maximum atomic E-state index is 12.8. The summed E-state index contributed by atoms with van der Waals surface area (Å²) in [5, 5.41) is 18.5. The van der Waals surface area contributed by atoms with Gasteiger partial charge in [-0.25, -0.2) is 9.97 Å². The number of nitrogens with two attached hydrogens (primary N) is 1. The van der Waals surface area contributed by atoms with E-state index >= 15 is 0 Å². The molecule has 2 saturated heterocycles. The number of thioether (sulfide) groups is 2. The number of aromatic nitrogens is 2. The highest BCUT2D eigenvalue weighted by Crippen LogP contribution is 2.44. The molecule has 2 unspecified atom stereocenters. The fourth-order valence-corrected chi connectivity index (χ4v) is 6.72. The molecule has 4 heterocycles. The highest BCUT2D eigenvalue weighted by molar-refractivity contribution is 8.00. The number of thiazole rings is 1. The van der Waals surface area contributed by atoms with Crippen LogP contribution in [-0.2, 0) is 19.2 Å². The van der Waals surface area contributed by atoms with Gasteiger partial charge in [-0.2, -0.15) is 0 Å². The maximum absolute atomic E-state index is 12.8. The monoisotopic (exact) mass is 508 g/mol. The molecule has 3 atom stereocenters. The van der Waals surface area contributed by atoms with Gasteiger partial charge in [0.2, 0.25) is 5.91 Å². The third-order valence-electron chi connectivity index (χ3n) is 5.18. The van der Waals surface area contributed by atoms with Crippen LogP contribution in [0, 0.1) is 5.41 Å². The highest BCUT2D eigenvalue weighted by Gasteiger charge is 2.57. The number of nitrogens with zero attached hydrogens (tertiary/aromatic N) is 4. The molecule has 0 radical (unpaired) electrons. The highest BCUT2D eigenvalue weighted by atomic mass is 32.2. The summed E-state index contributed by atoms with van der Waals surface area (Å²) in [4.78, 5) is 52.3. The fourth-order valence-electron chi connectivity index (χ4n) is 3.45. The van der Waals surface area contributed by atoms with Crippen LogP contribution in [0.4, 0.5) is 5.13 Å². The van der Waals surface area contributed by atoms with Gasteiger partial charge < -0.3 is 25.9 Å². The van der Waals surface area contributed by atoms with E-state index in [1.165, 1.54) is 35.5 Å². The molecule has 11 nitrogen and oxygen atoms in total. The van der Waals surface area contributed by atoms with Gasteiger partial charge in [0.05, 0.1) is 5.03 Å². The van der Waals surface area contributed by atoms with Crippen LogP contribution in [0.1, 0.15) is 5.69 Å². The van der Waals surface area contributed by atoms with Crippen LogP contribution in [0.25, 0.3) is 0 Å². The Morgan fingerprint density at radius 3 is 2.94 bits per heavy atom. The second kappa shape index (κ2) is 9.57. The van der Waals surface area contributed by atoms with Crippen LogP contribution in [0.2, 0.25) is 0 Å². The molecule has 4 N–H and O–H groups in total. The lowest BCUT2D eigenvalue weighted by molar-refractivity contribution is -0.157. The first-order chi connectivity index (χ1) is 15.8. The van der Waals surface area contributed by atoms with Gasteiger partial charge in [0, 0.05) is 29.6 Å². The Labute approximate surface area is 201 Å². The number of carbonyl (C=O) groups excluding carboxylic acids is 2. The minimum atomic E-state index is -1.12. The minimum absolute atomic E-state index is 0.0622. The van der Waals surface area contributed by atoms with Crippen LogP contribution >= 0.6 is 34.9 Å². The van der Waals surface area contributed by atoms with E-state index in [2.05, 4.69) is 20.4 Å². The number of nitrogen functional groups attached to an aromatic ring is 1. The van der Waals surface area contributed by atoms with E-state index in [1.807, 2.05) is 12.1 Å². The van der Waals surface area contributed by atoms with Crippen molar-refractivity contribution in [1.82, 2.24) is 20.2 Å². The molecule has 4 rings (SSSR count). The quantitative estimate of drug-likeness (QED) is 0.201. The van der Waals surface area contributed by atoms with Gasteiger partial charge in [-0.05, 0) is 12.1 Å². The maximum Gasteiger partial charge on any atom is 0.313 e. The van der Waals surface area contributed by atoms with Crippen molar-refractivity contribution in [3.63, 3.8) is 0 Å². The molecule has 0 bridgehead atoms. The Bertz CT molecular complexity index is 1100. The van der Waals surface area contributed by atoms with Crippen molar-refractivity contribution in [2.75, 3.05) is 30.9 Å². The summed E-state index contributed by atoms with van der Waals surface area (Å²) < 4.78 is 0. The van der Waals surface area contributed by atoms with E-state index in [-0.39, 0.29) is 40.1 Å². The smallest absolute Gasteiger partial charge is 0.313 e. The second-order valence-electron chi connectivity index (χ2n) is 7.35. The van der Waals surface area contributed by atoms with E-state index in [0.717, 1.165) is 16.4 Å². The summed E-state index contributed by atoms with van der Waals surface area (Å²) in [6.07, 6.45) is 1.65. The Hall–Kier alpha value is -2.84. The normalized spacial score (nSPS) is 24.6. The van der Waals surface area contributed by atoms with Gasteiger partial charge in [0.25, 0.3) is 5.91 Å². The Morgan fingerprint density at radius 2 is 2.30 bits per heavy atom. The van der Waals surface area contributed by atoms with Gasteiger partial charge in [-0.1, -0.05) is 11.2 Å². The summed E-state index contributed by atoms with van der Waals surface area (Å²) in [5.41, 5.74) is 4.67. The van der Waals surface area contributed by atoms with Crippen LogP contribution in [0.5, 0.6) is 0 Å². The lowest BCUT2D eigenvalue weighted by Crippen LogP contribution is -2.74. The standard InChI is InChI=1S/C19H20N6O5S3/c1-30-24-12(10-6-31-18(20)22-10)14(26)23-13-15(27)25-7-19(17(28)29,9-33-16(13)25)8-32-11-4-2-3-5-21-11/h2-6,13,16H,7-9H2,1H3,(H2,20,22)(H,23,26)(H,28,29)/t13?,16-,19?/m1/s1. The second-order valence-corrected chi connectivity index (χ2v) is 10.3. The number of hydrogen-bond acceptors (Lipinski definition) is 11. The number of oxime groups is 1. The topological polar surface area (TPSA) is 160 Å². The average molecular weight is 509 g/mol. The first-order valence-electron chi connectivity index (χ1n) is 9.67. The zero-order valence-corrected chi connectivity index (χ0v) is 19.8. The van der Waals surface area contributed by atoms with Crippen LogP contribution in [-0.4, -0.2) is 80.0 Å². The largest absolute Gasteiger partial charge is 0.481 e. The number of nitrogens with one attached hydrogen (secondary N) is 1. The Kier molecular flexibility index (Phi) is 6.76. The van der Waals surface area contributed by atoms with Crippen molar-refractivity contribution >= 4 is 63.5 Å². The summed E-state index contributed by atoms with van der Waals surface area (Å²) in [6.45, 7) is 0.0622. The molecular formula is C19H20N6O5S3. The van der Waals surface area contributed by atoms with Crippen molar-refractivity contribution in [2.24, 2.45) is 10.6 Å². The van der Waals surface area contributed by atoms with E-state index in [0.29, 0.717) is 5.75 Å². The first kappa shape index (κ1) is 23.3. The van der Waals surface area contributed by atoms with E-state index < -0.39 is 23.3 Å². The number of rotatable bonds is 8. The van der Waals surface area contributed by atoms with Crippen molar-refractivity contribution in [3.05, 3.63) is 35.5 Å². The minimum Gasteiger partial charge on any atom is -0.481 e. The number of carbonyl (C=O) groups is 3. The van der Waals surface area contributed by atoms with Gasteiger partial charge in [-0.3, -0.25) is 14.4 Å². The van der Waals surface area contributed by atoms with Gasteiger partial charge in [0.15, 0.2) is 10.8 Å². The van der Waals surface area contributed by atoms with E-state index in [4.69, 9.17) is 10.6 Å². The molecule has 14 heteroatoms. The molecule has 33 heavy (non-hydrogen) atoms. The Balaban J connectivity index is 1.42. The predicted octanol–water partition coefficient (Wildman–Crippen LogP) is 0.734. The van der Waals surface area contributed by atoms with Crippen LogP contribution in [0.3, 0.4) is 0 Å². The van der Waals surface area contributed by atoms with E-state index in [9.17, 15) is 19.5 Å². The number of amides is 2. The number of β-lactam (4-membered cyclic amide) rings is 1. The molecule has 0 spiro atoms. The fraction of sp³-hybridized carbons (Fsp3) is 0.368. The zero-order valence-electron chi connectivity index (χ0n) is 17.3. The van der Waals surface area contributed by atoms with Crippen LogP contribution in [0.15, 0.2) is 40.0 Å². The van der Waals surface area contributed by atoms with Crippen LogP contribution < -0.4 is 11.1 Å². The number of anilines is 1. The molecule has 0 aliphatic carbocycles. The number of pyridine rings is 1. The van der Waals surface area contributed by atoms with Crippen molar-refractivity contribution < 1.29 is 24.3 Å². The van der Waals surface area contributed by atoms with Crippen molar-refractivity contribution in [1.29, 1.82) is 0 Å². The third kappa shape index (κ3) is 4.63. The summed E-state index contributed by atoms with van der Waals surface area (Å²) in [6, 6.07) is 4.64. The Morgan fingerprint density at radius 1 is 1.48 bits per heavy atom. The molecule has 2 aromatic rings. The predicted molar refractivity (Wildman–Crippen MR) is 125 cm³/mol. The number of aliphatic carboxylic acids is 1. The molecule has 2 aliphatic rings. The zero-order chi connectivity index (χ0) is 23.6. The van der Waals surface area contributed by atoms with Crippen molar-refractivity contribution in [3.8, 4) is 0 Å². The molecule has 2 aromatic heterocycles. The molecule has 2 amide bonds. The summed E-state index contributed by atoms with van der Waals surface area (Å²) >= 11 is 3.83. The summed E-state index contributed by atoms with van der Waals surface area (Å²) in [5.74, 6) is -1.36. The summed E-state index contributed by atoms with van der Waals surface area (Å²) in [7, 11) is 1.30. The van der Waals surface area contributed by atoms with Gasteiger partial charge in [-0.15, -0.1) is 34.9 Å². The van der Waals surface area contributed by atoms with Gasteiger partial charge in [0.1, 0.15) is 29.6 Å². The average Bonchev–Trinajstić information content (AvgIpc) is 3.25. The number of carboxylic acids is 1. The SMILES string of the molecule is CON=C(C(=O)NC1C(=O)N2CC(CSc3ccccn3)(C(=O)O)CS[C@H]12)c1csc(N)n1. The molecule has 174 valence electrons. The molecule has 0 saturated carbocycles. The number of fused-ring (bicyclic) bond motifs is 1. The molecule has 2 fully saturated rings. The third-order valence-corrected chi connectivity index (χ3v) is 8.68. The van der Waals surface area contributed by atoms with Crippen molar-refractivity contribution in [2.45, 2.75) is 16.4 Å². The molecule has 0 aromatic carbocycles. The van der Waals surface area contributed by atoms with Gasteiger partial charge >= 0.3 is 5.97 Å². The molecule has 2 aliphatic heterocycles.